The van der Waals surface area contributed by atoms with E-state index < -0.39 is 21.7 Å². The van der Waals surface area contributed by atoms with Gasteiger partial charge in [-0.15, -0.1) is 0 Å². The number of halogens is 2. The zero-order chi connectivity index (χ0) is 26.3. The summed E-state index contributed by atoms with van der Waals surface area (Å²) in [6.45, 7) is 8.09. The Kier molecular flexibility index (Phi) is 7.14. The van der Waals surface area contributed by atoms with Gasteiger partial charge in [0, 0.05) is 29.5 Å². The zero-order valence-corrected chi connectivity index (χ0v) is 22.7. The fourth-order valence-corrected chi connectivity index (χ4v) is 5.69. The molecule has 4 aromatic rings. The molecule has 1 amide bonds. The summed E-state index contributed by atoms with van der Waals surface area (Å²) in [5.41, 5.74) is 2.08. The van der Waals surface area contributed by atoms with Crippen molar-refractivity contribution in [2.45, 2.75) is 38.2 Å². The first-order valence-electron chi connectivity index (χ1n) is 11.3. The summed E-state index contributed by atoms with van der Waals surface area (Å²) in [5, 5.41) is 7.89. The number of carbonyl (C=O) groups is 1. The first-order chi connectivity index (χ1) is 16.9. The van der Waals surface area contributed by atoms with Gasteiger partial charge in [-0.3, -0.25) is 0 Å². The van der Waals surface area contributed by atoms with Gasteiger partial charge in [0.1, 0.15) is 5.60 Å². The highest BCUT2D eigenvalue weighted by atomic mass is 35.5. The fraction of sp³-hybridized carbons (Fsp3) is 0.269. The average Bonchev–Trinajstić information content (AvgIpc) is 3.09. The molecule has 0 radical (unpaired) electrons. The van der Waals surface area contributed by atoms with E-state index in [0.717, 1.165) is 11.3 Å². The number of rotatable bonds is 6. The number of aromatic nitrogens is 1. The first kappa shape index (κ1) is 26.1. The van der Waals surface area contributed by atoms with E-state index in [0.29, 0.717) is 39.9 Å². The molecule has 1 heterocycles. The molecule has 2 N–H and O–H groups in total. The summed E-state index contributed by atoms with van der Waals surface area (Å²) < 4.78 is 34.0. The Balaban J connectivity index is 1.70. The lowest BCUT2D eigenvalue weighted by molar-refractivity contribution is 0.0530. The predicted molar refractivity (Wildman–Crippen MR) is 146 cm³/mol. The molecule has 4 rings (SSSR count). The minimum absolute atomic E-state index is 0.174. The Bertz CT molecular complexity index is 1560. The molecule has 1 aromatic heterocycles. The summed E-state index contributed by atoms with van der Waals surface area (Å²) in [6.07, 6.45) is -0.490. The van der Waals surface area contributed by atoms with Gasteiger partial charge in [-0.1, -0.05) is 40.9 Å². The van der Waals surface area contributed by atoms with E-state index in [2.05, 4.69) is 10.6 Å². The maximum absolute atomic E-state index is 13.7. The number of aryl methyl sites for hydroxylation is 1. The number of hydrogen-bond donors (Lipinski definition) is 2. The molecular formula is C26H27Cl2N3O4S. The van der Waals surface area contributed by atoms with Crippen LogP contribution in [0.25, 0.3) is 21.8 Å². The third-order valence-electron chi connectivity index (χ3n) is 5.44. The Labute approximate surface area is 220 Å². The molecular weight excluding hydrogens is 521 g/mol. The van der Waals surface area contributed by atoms with Crippen molar-refractivity contribution in [3.8, 4) is 0 Å². The summed E-state index contributed by atoms with van der Waals surface area (Å²) in [7, 11) is -3.92. The van der Waals surface area contributed by atoms with Crippen molar-refractivity contribution in [3.63, 3.8) is 0 Å². The highest BCUT2D eigenvalue weighted by molar-refractivity contribution is 7.90. The van der Waals surface area contributed by atoms with Gasteiger partial charge in [0.15, 0.2) is 0 Å². The van der Waals surface area contributed by atoms with Crippen LogP contribution in [0.5, 0.6) is 0 Å². The molecule has 0 aliphatic carbocycles. The molecule has 0 aliphatic heterocycles. The topological polar surface area (TPSA) is 89.4 Å². The Morgan fingerprint density at radius 3 is 2.22 bits per heavy atom. The number of fused-ring (bicyclic) bond motifs is 3. The molecule has 190 valence electrons. The average molecular weight is 548 g/mol. The summed E-state index contributed by atoms with van der Waals surface area (Å²) >= 11 is 12.6. The summed E-state index contributed by atoms with van der Waals surface area (Å²) in [5.74, 6) is 0. The standard InChI is InChI=1S/C26H27Cl2N3O4S/c1-16-5-8-18(9-6-16)36(33,34)31-23-10-7-17(29-11-12-30-25(32)35-26(2,3)4)13-19(23)20-14-21(27)22(28)15-24(20)31/h5-10,13-15,29H,11-12H2,1-4H3,(H,30,32). The van der Waals surface area contributed by atoms with E-state index >= 15 is 0 Å². The van der Waals surface area contributed by atoms with Crippen LogP contribution in [0, 0.1) is 6.92 Å². The lowest BCUT2D eigenvalue weighted by atomic mass is 10.1. The number of alkyl carbamates (subject to hydrolysis) is 1. The van der Waals surface area contributed by atoms with Crippen LogP contribution in [0.1, 0.15) is 26.3 Å². The normalized spacial score (nSPS) is 12.2. The Hall–Kier alpha value is -2.94. The zero-order valence-electron chi connectivity index (χ0n) is 20.4. The van der Waals surface area contributed by atoms with Crippen LogP contribution in [0.3, 0.4) is 0 Å². The molecule has 3 aromatic carbocycles. The van der Waals surface area contributed by atoms with E-state index in [-0.39, 0.29) is 9.92 Å². The SMILES string of the molecule is Cc1ccc(S(=O)(=O)n2c3ccc(NCCNC(=O)OC(C)(C)C)cc3c3cc(Cl)c(Cl)cc32)cc1. The molecule has 10 heteroatoms. The maximum Gasteiger partial charge on any atom is 0.407 e. The van der Waals surface area contributed by atoms with Crippen LogP contribution in [0.2, 0.25) is 10.0 Å². The highest BCUT2D eigenvalue weighted by Crippen LogP contribution is 2.38. The van der Waals surface area contributed by atoms with Gasteiger partial charge in [-0.2, -0.15) is 0 Å². The van der Waals surface area contributed by atoms with Crippen LogP contribution in [-0.4, -0.2) is 37.2 Å². The molecule has 0 saturated carbocycles. The number of benzene rings is 3. The van der Waals surface area contributed by atoms with Crippen molar-refractivity contribution in [1.29, 1.82) is 0 Å². The van der Waals surface area contributed by atoms with Gasteiger partial charge in [0.2, 0.25) is 0 Å². The van der Waals surface area contributed by atoms with Crippen molar-refractivity contribution in [1.82, 2.24) is 9.29 Å². The van der Waals surface area contributed by atoms with Crippen molar-refractivity contribution in [2.75, 3.05) is 18.4 Å². The first-order valence-corrected chi connectivity index (χ1v) is 13.5. The second-order valence-electron chi connectivity index (χ2n) is 9.45. The molecule has 0 bridgehead atoms. The number of amides is 1. The maximum atomic E-state index is 13.7. The minimum Gasteiger partial charge on any atom is -0.444 e. The van der Waals surface area contributed by atoms with Crippen LogP contribution < -0.4 is 10.6 Å². The summed E-state index contributed by atoms with van der Waals surface area (Å²) in [6, 6.07) is 15.3. The molecule has 36 heavy (non-hydrogen) atoms. The number of nitrogens with one attached hydrogen (secondary N) is 2. The van der Waals surface area contributed by atoms with Gasteiger partial charge in [-0.25, -0.2) is 17.2 Å². The third kappa shape index (κ3) is 5.40. The Morgan fingerprint density at radius 1 is 0.917 bits per heavy atom. The predicted octanol–water partition coefficient (Wildman–Crippen LogP) is 6.58. The largest absolute Gasteiger partial charge is 0.444 e. The lowest BCUT2D eigenvalue weighted by Gasteiger charge is -2.19. The van der Waals surface area contributed by atoms with Gasteiger partial charge in [0.25, 0.3) is 10.0 Å². The quantitative estimate of drug-likeness (QED) is 0.266. The number of anilines is 1. The third-order valence-corrected chi connectivity index (χ3v) is 7.91. The van der Waals surface area contributed by atoms with Crippen LogP contribution in [0.15, 0.2) is 59.5 Å². The van der Waals surface area contributed by atoms with Crippen LogP contribution >= 0.6 is 23.2 Å². The fourth-order valence-electron chi connectivity index (χ4n) is 3.85. The second-order valence-corrected chi connectivity index (χ2v) is 12.1. The second kappa shape index (κ2) is 9.84. The van der Waals surface area contributed by atoms with Crippen molar-refractivity contribution < 1.29 is 17.9 Å². The van der Waals surface area contributed by atoms with E-state index in [1.165, 1.54) is 3.97 Å². The van der Waals surface area contributed by atoms with E-state index in [1.54, 1.807) is 69.3 Å². The van der Waals surface area contributed by atoms with Crippen LogP contribution in [0.4, 0.5) is 10.5 Å². The van der Waals surface area contributed by atoms with Gasteiger partial charge < -0.3 is 15.4 Å². The van der Waals surface area contributed by atoms with E-state index in [9.17, 15) is 13.2 Å². The molecule has 0 atom stereocenters. The van der Waals surface area contributed by atoms with Crippen LogP contribution in [-0.2, 0) is 14.8 Å². The number of carbonyl (C=O) groups excluding carboxylic acids is 1. The van der Waals surface area contributed by atoms with Gasteiger partial charge in [0.05, 0.1) is 26.0 Å². The van der Waals surface area contributed by atoms with Crippen molar-refractivity contribution in [3.05, 3.63) is 70.2 Å². The molecule has 0 aliphatic rings. The monoisotopic (exact) mass is 547 g/mol. The Morgan fingerprint density at radius 2 is 1.56 bits per heavy atom. The number of hydrogen-bond acceptors (Lipinski definition) is 5. The minimum atomic E-state index is -3.92. The smallest absolute Gasteiger partial charge is 0.407 e. The molecule has 0 spiro atoms. The summed E-state index contributed by atoms with van der Waals surface area (Å²) in [4.78, 5) is 12.0. The lowest BCUT2D eigenvalue weighted by Crippen LogP contribution is -2.34. The number of nitrogens with zero attached hydrogens (tertiary/aromatic N) is 1. The van der Waals surface area contributed by atoms with Crippen molar-refractivity contribution in [2.24, 2.45) is 0 Å². The van der Waals surface area contributed by atoms with Gasteiger partial charge in [-0.05, 0) is 70.2 Å². The molecule has 0 saturated heterocycles. The van der Waals surface area contributed by atoms with Gasteiger partial charge >= 0.3 is 6.09 Å². The highest BCUT2D eigenvalue weighted by Gasteiger charge is 2.24. The molecule has 0 fully saturated rings. The molecule has 0 unspecified atom stereocenters. The molecule has 7 nitrogen and oxygen atoms in total. The van der Waals surface area contributed by atoms with E-state index in [4.69, 9.17) is 27.9 Å². The van der Waals surface area contributed by atoms with E-state index in [1.807, 2.05) is 13.0 Å². The number of ether oxygens (including phenoxy) is 1. The van der Waals surface area contributed by atoms with Crippen molar-refractivity contribution >= 4 is 66.8 Å².